The smallest absolute Gasteiger partial charge is 0.244 e. The van der Waals surface area contributed by atoms with Crippen molar-refractivity contribution in [1.29, 1.82) is 0 Å². The van der Waals surface area contributed by atoms with Crippen molar-refractivity contribution in [1.82, 2.24) is 9.80 Å². The van der Waals surface area contributed by atoms with Crippen molar-refractivity contribution in [3.8, 4) is 0 Å². The molecule has 4 nitrogen and oxygen atoms in total. The largest absolute Gasteiger partial charge is 0.378 e. The lowest BCUT2D eigenvalue weighted by molar-refractivity contribution is -0.141. The summed E-state index contributed by atoms with van der Waals surface area (Å²) in [6, 6.07) is 18.3. The highest BCUT2D eigenvalue weighted by Gasteiger charge is 2.30. The van der Waals surface area contributed by atoms with E-state index in [9.17, 15) is 4.79 Å². The van der Waals surface area contributed by atoms with Crippen LogP contribution >= 0.6 is 11.8 Å². The molecule has 1 amide bonds. The van der Waals surface area contributed by atoms with Gasteiger partial charge in [-0.2, -0.15) is 0 Å². The first-order chi connectivity index (χ1) is 12.7. The number of likely N-dealkylation sites (N-methyl/N-ethyl adjacent to an activating group) is 1. The molecule has 1 aliphatic rings. The first-order valence-electron chi connectivity index (χ1n) is 8.93. The third kappa shape index (κ3) is 4.67. The highest BCUT2D eigenvalue weighted by molar-refractivity contribution is 7.98. The van der Waals surface area contributed by atoms with Gasteiger partial charge in [0.2, 0.25) is 5.91 Å². The fraction of sp³-hybridized carbons (Fsp3) is 0.381. The number of hydrogen-bond acceptors (Lipinski definition) is 4. The van der Waals surface area contributed by atoms with Crippen molar-refractivity contribution in [3.63, 3.8) is 0 Å². The topological polar surface area (TPSA) is 32.8 Å². The molecule has 0 aliphatic carbocycles. The number of thioether (sulfide) groups is 1. The van der Waals surface area contributed by atoms with E-state index in [2.05, 4.69) is 35.4 Å². The van der Waals surface area contributed by atoms with Gasteiger partial charge in [-0.15, -0.1) is 11.8 Å². The summed E-state index contributed by atoms with van der Waals surface area (Å²) in [6.07, 6.45) is 2.08. The van der Waals surface area contributed by atoms with E-state index in [-0.39, 0.29) is 11.9 Å². The molecule has 5 heteroatoms. The number of ether oxygens (including phenoxy) is 1. The number of rotatable bonds is 6. The minimum Gasteiger partial charge on any atom is -0.378 e. The number of amides is 1. The molecular formula is C21H26N2O2S. The standard InChI is InChI=1S/C21H26N2O2S/c1-22(16-17-8-10-19(26-2)11-9-17)20(18-6-4-3-5-7-18)21(24)23-12-14-25-15-13-23/h3-11,20H,12-16H2,1-2H3. The molecule has 1 unspecified atom stereocenters. The van der Waals surface area contributed by atoms with Gasteiger partial charge in [0.25, 0.3) is 0 Å². The van der Waals surface area contributed by atoms with Crippen LogP contribution in [-0.2, 0) is 16.1 Å². The summed E-state index contributed by atoms with van der Waals surface area (Å²) in [5, 5.41) is 0. The Labute approximate surface area is 160 Å². The molecule has 138 valence electrons. The van der Waals surface area contributed by atoms with E-state index in [0.29, 0.717) is 26.3 Å². The summed E-state index contributed by atoms with van der Waals surface area (Å²) < 4.78 is 5.40. The van der Waals surface area contributed by atoms with E-state index >= 15 is 0 Å². The molecule has 0 N–H and O–H groups in total. The normalized spacial score (nSPS) is 15.9. The van der Waals surface area contributed by atoms with E-state index < -0.39 is 0 Å². The first kappa shape index (κ1) is 19.0. The van der Waals surface area contributed by atoms with Crippen LogP contribution in [0.25, 0.3) is 0 Å². The summed E-state index contributed by atoms with van der Waals surface area (Å²) in [5.41, 5.74) is 2.24. The first-order valence-corrected chi connectivity index (χ1v) is 10.2. The molecule has 3 rings (SSSR count). The maximum atomic E-state index is 13.3. The monoisotopic (exact) mass is 370 g/mol. The number of morpholine rings is 1. The van der Waals surface area contributed by atoms with Gasteiger partial charge in [-0.05, 0) is 36.6 Å². The summed E-state index contributed by atoms with van der Waals surface area (Å²) >= 11 is 1.74. The molecule has 1 heterocycles. The molecule has 1 aliphatic heterocycles. The average Bonchev–Trinajstić information content (AvgIpc) is 2.70. The highest BCUT2D eigenvalue weighted by Crippen LogP contribution is 2.25. The lowest BCUT2D eigenvalue weighted by Crippen LogP contribution is -2.46. The number of carbonyl (C=O) groups is 1. The molecule has 0 aromatic heterocycles. The number of nitrogens with zero attached hydrogens (tertiary/aromatic N) is 2. The molecule has 1 saturated heterocycles. The second-order valence-electron chi connectivity index (χ2n) is 6.51. The van der Waals surface area contributed by atoms with Crippen LogP contribution in [0.15, 0.2) is 59.5 Å². The Kier molecular flexibility index (Phi) is 6.72. The average molecular weight is 371 g/mol. The van der Waals surface area contributed by atoms with Crippen LogP contribution in [-0.4, -0.2) is 55.3 Å². The minimum absolute atomic E-state index is 0.155. The molecule has 0 spiro atoms. The molecule has 0 bridgehead atoms. The van der Waals surface area contributed by atoms with Crippen LogP contribution in [0, 0.1) is 0 Å². The SMILES string of the molecule is CSc1ccc(CN(C)C(C(=O)N2CCOCC2)c2ccccc2)cc1. The van der Waals surface area contributed by atoms with Gasteiger partial charge in [0.15, 0.2) is 0 Å². The summed E-state index contributed by atoms with van der Waals surface area (Å²) in [7, 11) is 2.03. The van der Waals surface area contributed by atoms with Gasteiger partial charge in [0.1, 0.15) is 6.04 Å². The lowest BCUT2D eigenvalue weighted by Gasteiger charge is -2.34. The molecule has 0 saturated carbocycles. The van der Waals surface area contributed by atoms with E-state index in [4.69, 9.17) is 4.74 Å². The maximum absolute atomic E-state index is 13.3. The van der Waals surface area contributed by atoms with Gasteiger partial charge in [-0.1, -0.05) is 42.5 Å². The molecule has 1 atom stereocenters. The summed E-state index contributed by atoms with van der Waals surface area (Å²) in [6.45, 7) is 3.29. The number of hydrogen-bond donors (Lipinski definition) is 0. The maximum Gasteiger partial charge on any atom is 0.244 e. The van der Waals surface area contributed by atoms with Gasteiger partial charge < -0.3 is 9.64 Å². The second kappa shape index (κ2) is 9.21. The predicted molar refractivity (Wildman–Crippen MR) is 106 cm³/mol. The van der Waals surface area contributed by atoms with Gasteiger partial charge in [0, 0.05) is 24.5 Å². The summed E-state index contributed by atoms with van der Waals surface area (Å²) in [5.74, 6) is 0.155. The highest BCUT2D eigenvalue weighted by atomic mass is 32.2. The Morgan fingerprint density at radius 3 is 2.38 bits per heavy atom. The Balaban J connectivity index is 1.80. The molecule has 2 aromatic rings. The fourth-order valence-corrected chi connectivity index (χ4v) is 3.70. The van der Waals surface area contributed by atoms with Gasteiger partial charge in [-0.3, -0.25) is 9.69 Å². The van der Waals surface area contributed by atoms with Crippen LogP contribution < -0.4 is 0 Å². The van der Waals surface area contributed by atoms with Gasteiger partial charge in [0.05, 0.1) is 13.2 Å². The third-order valence-corrected chi connectivity index (χ3v) is 5.45. The van der Waals surface area contributed by atoms with Crippen molar-refractivity contribution >= 4 is 17.7 Å². The predicted octanol–water partition coefficient (Wildman–Crippen LogP) is 3.44. The van der Waals surface area contributed by atoms with Crippen molar-refractivity contribution in [2.75, 3.05) is 39.6 Å². The van der Waals surface area contributed by atoms with E-state index in [1.54, 1.807) is 11.8 Å². The van der Waals surface area contributed by atoms with Crippen molar-refractivity contribution in [2.45, 2.75) is 17.5 Å². The number of carbonyl (C=O) groups excluding carboxylic acids is 1. The quantitative estimate of drug-likeness (QED) is 0.729. The van der Waals surface area contributed by atoms with Gasteiger partial charge >= 0.3 is 0 Å². The Morgan fingerprint density at radius 2 is 1.77 bits per heavy atom. The van der Waals surface area contributed by atoms with E-state index in [1.807, 2.05) is 42.3 Å². The molecule has 26 heavy (non-hydrogen) atoms. The molecular weight excluding hydrogens is 344 g/mol. The molecule has 0 radical (unpaired) electrons. The molecule has 2 aromatic carbocycles. The zero-order valence-corrected chi connectivity index (χ0v) is 16.2. The van der Waals surface area contributed by atoms with Crippen molar-refractivity contribution in [3.05, 3.63) is 65.7 Å². The zero-order valence-electron chi connectivity index (χ0n) is 15.4. The van der Waals surface area contributed by atoms with Crippen molar-refractivity contribution < 1.29 is 9.53 Å². The Bertz CT molecular complexity index is 700. The van der Waals surface area contributed by atoms with Gasteiger partial charge in [-0.25, -0.2) is 0 Å². The van der Waals surface area contributed by atoms with Crippen LogP contribution in [0.3, 0.4) is 0 Å². The zero-order chi connectivity index (χ0) is 18.4. The Morgan fingerprint density at radius 1 is 1.12 bits per heavy atom. The van der Waals surface area contributed by atoms with Crippen molar-refractivity contribution in [2.24, 2.45) is 0 Å². The van der Waals surface area contributed by atoms with Crippen LogP contribution in [0.4, 0.5) is 0 Å². The fourth-order valence-electron chi connectivity index (χ4n) is 3.29. The van der Waals surface area contributed by atoms with Crippen LogP contribution in [0.2, 0.25) is 0 Å². The van der Waals surface area contributed by atoms with E-state index in [0.717, 1.165) is 12.1 Å². The second-order valence-corrected chi connectivity index (χ2v) is 7.39. The third-order valence-electron chi connectivity index (χ3n) is 4.70. The lowest BCUT2D eigenvalue weighted by atomic mass is 10.0. The summed E-state index contributed by atoms with van der Waals surface area (Å²) in [4.78, 5) is 18.6. The van der Waals surface area contributed by atoms with E-state index in [1.165, 1.54) is 10.5 Å². The molecule has 1 fully saturated rings. The minimum atomic E-state index is -0.283. The van der Waals surface area contributed by atoms with Crippen LogP contribution in [0.5, 0.6) is 0 Å². The number of benzene rings is 2. The van der Waals surface area contributed by atoms with Crippen LogP contribution in [0.1, 0.15) is 17.2 Å². The Hall–Kier alpha value is -1.82.